The number of rotatable bonds is 3. The van der Waals surface area contributed by atoms with Crippen molar-refractivity contribution >= 4 is 0 Å². The maximum absolute atomic E-state index is 6.06. The molecule has 1 nitrogen and oxygen atoms in total. The van der Waals surface area contributed by atoms with E-state index < -0.39 is 0 Å². The third-order valence-electron chi connectivity index (χ3n) is 4.33. The molecule has 1 aromatic carbocycles. The van der Waals surface area contributed by atoms with Gasteiger partial charge in [-0.3, -0.25) is 0 Å². The number of aryl methyl sites for hydroxylation is 3. The second-order valence-electron chi connectivity index (χ2n) is 5.70. The van der Waals surface area contributed by atoms with Crippen LogP contribution in [0.5, 0.6) is 0 Å². The van der Waals surface area contributed by atoms with E-state index in [1.165, 1.54) is 47.9 Å². The topological polar surface area (TPSA) is 26.0 Å². The highest BCUT2D eigenvalue weighted by Crippen LogP contribution is 2.39. The highest BCUT2D eigenvalue weighted by Gasteiger charge is 2.27. The van der Waals surface area contributed by atoms with Crippen molar-refractivity contribution in [3.05, 3.63) is 34.4 Å². The van der Waals surface area contributed by atoms with E-state index in [2.05, 4.69) is 32.9 Å². The first-order chi connectivity index (χ1) is 8.13. The van der Waals surface area contributed by atoms with E-state index in [0.29, 0.717) is 5.92 Å². The number of nitrogens with two attached hydrogens (primary N) is 1. The van der Waals surface area contributed by atoms with E-state index in [9.17, 15) is 0 Å². The van der Waals surface area contributed by atoms with Crippen LogP contribution >= 0.6 is 0 Å². The summed E-state index contributed by atoms with van der Waals surface area (Å²) in [7, 11) is 0. The Morgan fingerprint density at radius 3 is 2.12 bits per heavy atom. The summed E-state index contributed by atoms with van der Waals surface area (Å²) < 4.78 is 0. The quantitative estimate of drug-likeness (QED) is 0.840. The molecule has 94 valence electrons. The van der Waals surface area contributed by atoms with Gasteiger partial charge in [-0.15, -0.1) is 0 Å². The van der Waals surface area contributed by atoms with Crippen molar-refractivity contribution in [1.29, 1.82) is 0 Å². The van der Waals surface area contributed by atoms with Crippen LogP contribution in [0.25, 0.3) is 0 Å². The largest absolute Gasteiger partial charge is 0.330 e. The summed E-state index contributed by atoms with van der Waals surface area (Å²) in [6.07, 6.45) is 5.53. The highest BCUT2D eigenvalue weighted by molar-refractivity contribution is 5.40. The Bertz CT molecular complexity index is 366. The van der Waals surface area contributed by atoms with Crippen molar-refractivity contribution in [3.8, 4) is 0 Å². The molecule has 0 bridgehead atoms. The molecule has 2 rings (SSSR count). The normalized spacial score (nSPS) is 18.6. The molecule has 1 aliphatic rings. The van der Waals surface area contributed by atoms with E-state index in [-0.39, 0.29) is 0 Å². The predicted octanol–water partition coefficient (Wildman–Crippen LogP) is 3.84. The molecule has 0 radical (unpaired) electrons. The molecule has 0 heterocycles. The Morgan fingerprint density at radius 1 is 1.12 bits per heavy atom. The van der Waals surface area contributed by atoms with Crippen LogP contribution in [0.1, 0.15) is 53.9 Å². The molecule has 2 N–H and O–H groups in total. The van der Waals surface area contributed by atoms with Gasteiger partial charge >= 0.3 is 0 Å². The first kappa shape index (κ1) is 12.6. The zero-order valence-electron chi connectivity index (χ0n) is 11.4. The molecule has 0 saturated heterocycles. The van der Waals surface area contributed by atoms with Crippen molar-refractivity contribution in [2.75, 3.05) is 6.54 Å². The van der Waals surface area contributed by atoms with Crippen molar-refractivity contribution in [2.45, 2.75) is 52.4 Å². The van der Waals surface area contributed by atoms with Gasteiger partial charge in [0.2, 0.25) is 0 Å². The fourth-order valence-corrected chi connectivity index (χ4v) is 3.68. The van der Waals surface area contributed by atoms with Gasteiger partial charge in [0, 0.05) is 0 Å². The van der Waals surface area contributed by atoms with Crippen molar-refractivity contribution < 1.29 is 0 Å². The van der Waals surface area contributed by atoms with Crippen LogP contribution in [0.15, 0.2) is 12.1 Å². The van der Waals surface area contributed by atoms with Crippen LogP contribution in [-0.4, -0.2) is 6.54 Å². The summed E-state index contributed by atoms with van der Waals surface area (Å²) in [5, 5.41) is 0. The molecule has 1 aliphatic carbocycles. The monoisotopic (exact) mass is 231 g/mol. The molecule has 17 heavy (non-hydrogen) atoms. The smallest absolute Gasteiger partial charge is 0.000530 e. The summed E-state index contributed by atoms with van der Waals surface area (Å²) in [6, 6.07) is 4.61. The molecule has 0 aromatic heterocycles. The van der Waals surface area contributed by atoms with Gasteiger partial charge < -0.3 is 5.73 Å². The maximum atomic E-state index is 6.06. The summed E-state index contributed by atoms with van der Waals surface area (Å²) in [6.45, 7) is 7.46. The Hall–Kier alpha value is -0.820. The van der Waals surface area contributed by atoms with Gasteiger partial charge in [0.15, 0.2) is 0 Å². The molecule has 1 unspecified atom stereocenters. The highest BCUT2D eigenvalue weighted by atomic mass is 14.6. The van der Waals surface area contributed by atoms with E-state index >= 15 is 0 Å². The van der Waals surface area contributed by atoms with Gasteiger partial charge in [-0.2, -0.15) is 0 Å². The van der Waals surface area contributed by atoms with Gasteiger partial charge in [-0.25, -0.2) is 0 Å². The maximum Gasteiger partial charge on any atom is -0.000530 e. The lowest BCUT2D eigenvalue weighted by atomic mass is 9.80. The van der Waals surface area contributed by atoms with Gasteiger partial charge in [0.05, 0.1) is 0 Å². The van der Waals surface area contributed by atoms with Gasteiger partial charge in [0.25, 0.3) is 0 Å². The predicted molar refractivity (Wildman–Crippen MR) is 74.4 cm³/mol. The van der Waals surface area contributed by atoms with Crippen molar-refractivity contribution in [1.82, 2.24) is 0 Å². The van der Waals surface area contributed by atoms with Gasteiger partial charge in [0.1, 0.15) is 0 Å². The first-order valence-corrected chi connectivity index (χ1v) is 6.91. The van der Waals surface area contributed by atoms with E-state index in [1.54, 1.807) is 0 Å². The Labute approximate surface area is 105 Å². The lowest BCUT2D eigenvalue weighted by Crippen LogP contribution is -2.21. The third-order valence-corrected chi connectivity index (χ3v) is 4.33. The lowest BCUT2D eigenvalue weighted by Gasteiger charge is -2.26. The zero-order valence-corrected chi connectivity index (χ0v) is 11.4. The first-order valence-electron chi connectivity index (χ1n) is 6.91. The van der Waals surface area contributed by atoms with Crippen molar-refractivity contribution in [2.24, 2.45) is 11.7 Å². The molecule has 0 amide bonds. The van der Waals surface area contributed by atoms with Crippen LogP contribution in [0, 0.1) is 26.7 Å². The zero-order chi connectivity index (χ0) is 12.4. The molecular formula is C16H25N. The molecule has 1 aromatic rings. The molecule has 1 fully saturated rings. The Morgan fingerprint density at radius 2 is 1.65 bits per heavy atom. The van der Waals surface area contributed by atoms with Gasteiger partial charge in [-0.1, -0.05) is 30.5 Å². The SMILES string of the molecule is Cc1cc(C)c(C(CN)C2CCCC2)c(C)c1. The second kappa shape index (κ2) is 5.22. The summed E-state index contributed by atoms with van der Waals surface area (Å²) in [5.41, 5.74) is 11.8. The average molecular weight is 231 g/mol. The summed E-state index contributed by atoms with van der Waals surface area (Å²) in [5.74, 6) is 1.40. The number of hydrogen-bond donors (Lipinski definition) is 1. The number of benzene rings is 1. The Kier molecular flexibility index (Phi) is 3.88. The lowest BCUT2D eigenvalue weighted by molar-refractivity contribution is 0.437. The minimum atomic E-state index is 0.582. The summed E-state index contributed by atoms with van der Waals surface area (Å²) >= 11 is 0. The van der Waals surface area contributed by atoms with Crippen LogP contribution in [0.2, 0.25) is 0 Å². The number of hydrogen-bond acceptors (Lipinski definition) is 1. The Balaban J connectivity index is 2.36. The fourth-order valence-electron chi connectivity index (χ4n) is 3.68. The molecule has 1 atom stereocenters. The molecular weight excluding hydrogens is 206 g/mol. The fraction of sp³-hybridized carbons (Fsp3) is 0.625. The van der Waals surface area contributed by atoms with Crippen LogP contribution < -0.4 is 5.73 Å². The van der Waals surface area contributed by atoms with Crippen molar-refractivity contribution in [3.63, 3.8) is 0 Å². The molecule has 1 heteroatoms. The minimum Gasteiger partial charge on any atom is -0.330 e. The van der Waals surface area contributed by atoms with E-state index in [1.807, 2.05) is 0 Å². The summed E-state index contributed by atoms with van der Waals surface area (Å²) in [4.78, 5) is 0. The molecule has 0 aliphatic heterocycles. The van der Waals surface area contributed by atoms with Crippen LogP contribution in [0.3, 0.4) is 0 Å². The third kappa shape index (κ3) is 2.55. The van der Waals surface area contributed by atoms with Crippen LogP contribution in [0.4, 0.5) is 0 Å². The van der Waals surface area contributed by atoms with Gasteiger partial charge in [-0.05, 0) is 68.7 Å². The second-order valence-corrected chi connectivity index (χ2v) is 5.70. The van der Waals surface area contributed by atoms with Crippen LogP contribution in [-0.2, 0) is 0 Å². The molecule has 0 spiro atoms. The average Bonchev–Trinajstić information content (AvgIpc) is 2.76. The van der Waals surface area contributed by atoms with E-state index in [4.69, 9.17) is 5.73 Å². The van der Waals surface area contributed by atoms with E-state index in [0.717, 1.165) is 12.5 Å². The minimum absolute atomic E-state index is 0.582. The standard InChI is InChI=1S/C16H25N/c1-11-8-12(2)16(13(3)9-11)15(10-17)14-6-4-5-7-14/h8-9,14-15H,4-7,10,17H2,1-3H3. The molecule has 1 saturated carbocycles.